The van der Waals surface area contributed by atoms with Crippen LogP contribution in [0.1, 0.15) is 39.4 Å². The van der Waals surface area contributed by atoms with Gasteiger partial charge in [0, 0.05) is 32.2 Å². The zero-order chi connectivity index (χ0) is 18.4. The Morgan fingerprint density at radius 1 is 1.23 bits per heavy atom. The number of guanidine groups is 1. The maximum absolute atomic E-state index is 13.2. The Balaban J connectivity index is 0.00000338. The second kappa shape index (κ2) is 10.4. The smallest absolute Gasteiger partial charge is 0.193 e. The molecular formula is C19H32FIN4O. The summed E-state index contributed by atoms with van der Waals surface area (Å²) >= 11 is 0. The van der Waals surface area contributed by atoms with Gasteiger partial charge in [-0.15, -0.1) is 24.0 Å². The van der Waals surface area contributed by atoms with Crippen molar-refractivity contribution in [3.05, 3.63) is 35.6 Å². The lowest BCUT2D eigenvalue weighted by molar-refractivity contribution is -0.0604. The summed E-state index contributed by atoms with van der Waals surface area (Å²) in [4.78, 5) is 6.62. The number of benzene rings is 1. The quantitative estimate of drug-likeness (QED) is 0.302. The van der Waals surface area contributed by atoms with E-state index in [2.05, 4.69) is 48.2 Å². The van der Waals surface area contributed by atoms with Crippen molar-refractivity contribution in [2.45, 2.75) is 45.4 Å². The Morgan fingerprint density at radius 2 is 1.88 bits per heavy atom. The predicted octanol–water partition coefficient (Wildman–Crippen LogP) is 3.17. The maximum Gasteiger partial charge on any atom is 0.193 e. The number of rotatable bonds is 4. The van der Waals surface area contributed by atoms with Gasteiger partial charge in [0.1, 0.15) is 11.9 Å². The van der Waals surface area contributed by atoms with E-state index in [1.807, 2.05) is 0 Å². The molecule has 7 heteroatoms. The summed E-state index contributed by atoms with van der Waals surface area (Å²) in [6.45, 7) is 11.7. The molecular weight excluding hydrogens is 446 g/mol. The molecule has 0 spiro atoms. The van der Waals surface area contributed by atoms with E-state index in [9.17, 15) is 4.39 Å². The third kappa shape index (κ3) is 7.36. The largest absolute Gasteiger partial charge is 0.367 e. The summed E-state index contributed by atoms with van der Waals surface area (Å²) in [7, 11) is 1.80. The van der Waals surface area contributed by atoms with Crippen molar-refractivity contribution in [2.24, 2.45) is 4.99 Å². The van der Waals surface area contributed by atoms with Gasteiger partial charge in [-0.2, -0.15) is 0 Å². The first-order valence-corrected chi connectivity index (χ1v) is 8.90. The molecule has 1 fully saturated rings. The van der Waals surface area contributed by atoms with Gasteiger partial charge in [-0.3, -0.25) is 4.99 Å². The highest BCUT2D eigenvalue weighted by Crippen LogP contribution is 2.25. The molecule has 1 saturated heterocycles. The summed E-state index contributed by atoms with van der Waals surface area (Å²) < 4.78 is 19.2. The number of hydrogen-bond acceptors (Lipinski definition) is 3. The molecule has 1 aliphatic rings. The molecule has 26 heavy (non-hydrogen) atoms. The van der Waals surface area contributed by atoms with E-state index in [1.54, 1.807) is 19.2 Å². The number of nitrogens with one attached hydrogen (secondary N) is 2. The lowest BCUT2D eigenvalue weighted by Crippen LogP contribution is -2.52. The second-order valence-corrected chi connectivity index (χ2v) is 7.54. The summed E-state index contributed by atoms with van der Waals surface area (Å²) in [6.07, 6.45) is -0.00865. The van der Waals surface area contributed by atoms with Crippen LogP contribution >= 0.6 is 24.0 Å². The molecule has 1 aliphatic heterocycles. The van der Waals surface area contributed by atoms with Gasteiger partial charge >= 0.3 is 0 Å². The van der Waals surface area contributed by atoms with Crippen LogP contribution in [-0.2, 0) is 4.74 Å². The third-order valence-electron chi connectivity index (χ3n) is 4.08. The van der Waals surface area contributed by atoms with Gasteiger partial charge < -0.3 is 20.3 Å². The molecule has 1 heterocycles. The van der Waals surface area contributed by atoms with Crippen LogP contribution in [0.15, 0.2) is 29.3 Å². The molecule has 2 atom stereocenters. The fraction of sp³-hybridized carbons (Fsp3) is 0.632. The average Bonchev–Trinajstić information content (AvgIpc) is 2.54. The van der Waals surface area contributed by atoms with Crippen LogP contribution in [-0.4, -0.2) is 55.7 Å². The minimum absolute atomic E-state index is 0. The van der Waals surface area contributed by atoms with Crippen molar-refractivity contribution < 1.29 is 9.13 Å². The molecule has 0 amide bonds. The van der Waals surface area contributed by atoms with Crippen LogP contribution in [0.3, 0.4) is 0 Å². The summed E-state index contributed by atoms with van der Waals surface area (Å²) in [5, 5.41) is 6.87. The van der Waals surface area contributed by atoms with Crippen molar-refractivity contribution in [1.29, 1.82) is 0 Å². The zero-order valence-corrected chi connectivity index (χ0v) is 18.7. The second-order valence-electron chi connectivity index (χ2n) is 7.54. The molecule has 0 aromatic heterocycles. The van der Waals surface area contributed by atoms with Crippen molar-refractivity contribution in [1.82, 2.24) is 15.5 Å². The molecule has 1 aromatic carbocycles. The van der Waals surface area contributed by atoms with Gasteiger partial charge in [-0.05, 0) is 45.4 Å². The van der Waals surface area contributed by atoms with Crippen LogP contribution < -0.4 is 10.6 Å². The van der Waals surface area contributed by atoms with Gasteiger partial charge in [0.15, 0.2) is 5.96 Å². The average molecular weight is 478 g/mol. The van der Waals surface area contributed by atoms with Gasteiger partial charge in [-0.25, -0.2) is 4.39 Å². The molecule has 0 aliphatic carbocycles. The lowest BCUT2D eigenvalue weighted by Gasteiger charge is -2.38. The summed E-state index contributed by atoms with van der Waals surface area (Å²) in [6, 6.07) is 6.54. The lowest BCUT2D eigenvalue weighted by atomic mass is 10.1. The molecule has 0 radical (unpaired) electrons. The van der Waals surface area contributed by atoms with Crippen molar-refractivity contribution in [3.63, 3.8) is 0 Å². The van der Waals surface area contributed by atoms with Crippen molar-refractivity contribution in [2.75, 3.05) is 33.2 Å². The highest BCUT2D eigenvalue weighted by Gasteiger charge is 2.28. The topological polar surface area (TPSA) is 48.9 Å². The highest BCUT2D eigenvalue weighted by atomic mass is 127. The first-order valence-electron chi connectivity index (χ1n) is 8.90. The van der Waals surface area contributed by atoms with Crippen molar-refractivity contribution >= 4 is 29.9 Å². The first kappa shape index (κ1) is 23.1. The molecule has 5 nitrogen and oxygen atoms in total. The normalized spacial score (nSPS) is 21.3. The molecule has 2 unspecified atom stereocenters. The minimum atomic E-state index is -0.228. The molecule has 0 saturated carbocycles. The van der Waals surface area contributed by atoms with E-state index in [4.69, 9.17) is 4.74 Å². The first-order chi connectivity index (χ1) is 11.8. The van der Waals surface area contributed by atoms with Gasteiger partial charge in [0.05, 0.1) is 12.6 Å². The number of halogens is 2. The van der Waals surface area contributed by atoms with E-state index in [-0.39, 0.29) is 47.5 Å². The number of nitrogens with zero attached hydrogens (tertiary/aromatic N) is 2. The molecule has 0 bridgehead atoms. The Kier molecular flexibility index (Phi) is 9.26. The fourth-order valence-electron chi connectivity index (χ4n) is 2.93. The fourth-order valence-corrected chi connectivity index (χ4v) is 2.93. The van der Waals surface area contributed by atoms with Crippen LogP contribution in [0, 0.1) is 5.82 Å². The number of hydrogen-bond donors (Lipinski definition) is 2. The van der Waals surface area contributed by atoms with Crippen molar-refractivity contribution in [3.8, 4) is 0 Å². The van der Waals surface area contributed by atoms with Crippen LogP contribution in [0.25, 0.3) is 0 Å². The molecule has 2 rings (SSSR count). The standard InChI is InChI=1S/C19H31FN4O.HI/c1-14-12-24(18(21-5)22-10-11-23-19(2,3)4)13-17(25-14)15-6-8-16(20)9-7-15;/h6-9,14,17,23H,10-13H2,1-5H3,(H,21,22);1H. The van der Waals surface area contributed by atoms with E-state index in [0.29, 0.717) is 6.54 Å². The Labute approximate surface area is 173 Å². The van der Waals surface area contributed by atoms with Gasteiger partial charge in [0.25, 0.3) is 0 Å². The summed E-state index contributed by atoms with van der Waals surface area (Å²) in [5.41, 5.74) is 1.09. The number of morpholine rings is 1. The summed E-state index contributed by atoms with van der Waals surface area (Å²) in [5.74, 6) is 0.645. The van der Waals surface area contributed by atoms with E-state index < -0.39 is 0 Å². The van der Waals surface area contributed by atoms with Crippen LogP contribution in [0.4, 0.5) is 4.39 Å². The predicted molar refractivity (Wildman–Crippen MR) is 116 cm³/mol. The molecule has 148 valence electrons. The molecule has 1 aromatic rings. The van der Waals surface area contributed by atoms with Gasteiger partial charge in [0.2, 0.25) is 0 Å². The number of ether oxygens (including phenoxy) is 1. The van der Waals surface area contributed by atoms with Crippen LogP contribution in [0.2, 0.25) is 0 Å². The Hall–Kier alpha value is -0.930. The number of aliphatic imine (C=N–C) groups is 1. The van der Waals surface area contributed by atoms with Crippen LogP contribution in [0.5, 0.6) is 0 Å². The van der Waals surface area contributed by atoms with Gasteiger partial charge in [-0.1, -0.05) is 12.1 Å². The Bertz CT molecular complexity index is 574. The third-order valence-corrected chi connectivity index (χ3v) is 4.08. The molecule has 2 N–H and O–H groups in total. The van der Waals surface area contributed by atoms with E-state index in [1.165, 1.54) is 12.1 Å². The monoisotopic (exact) mass is 478 g/mol. The maximum atomic E-state index is 13.2. The zero-order valence-electron chi connectivity index (χ0n) is 16.4. The minimum Gasteiger partial charge on any atom is -0.367 e. The van der Waals surface area contributed by atoms with E-state index in [0.717, 1.165) is 31.2 Å². The van der Waals surface area contributed by atoms with E-state index >= 15 is 0 Å². The Morgan fingerprint density at radius 3 is 2.46 bits per heavy atom. The SMILES string of the molecule is CN=C(NCCNC(C)(C)C)N1CC(C)OC(c2ccc(F)cc2)C1.I. The highest BCUT2D eigenvalue weighted by molar-refractivity contribution is 14.0.